The van der Waals surface area contributed by atoms with E-state index in [4.69, 9.17) is 9.47 Å². The van der Waals surface area contributed by atoms with Gasteiger partial charge in [-0.05, 0) is 49.7 Å². The van der Waals surface area contributed by atoms with Crippen LogP contribution in [0.25, 0.3) is 16.7 Å². The fourth-order valence-electron chi connectivity index (χ4n) is 2.88. The summed E-state index contributed by atoms with van der Waals surface area (Å²) in [4.78, 5) is 8.67. The van der Waals surface area contributed by atoms with Crippen LogP contribution in [0.15, 0.2) is 55.0 Å². The Labute approximate surface area is 151 Å². The molecule has 6 nitrogen and oxygen atoms in total. The Morgan fingerprint density at radius 1 is 0.923 bits per heavy atom. The first-order valence-electron chi connectivity index (χ1n) is 8.24. The average Bonchev–Trinajstić information content (AvgIpc) is 3.07. The summed E-state index contributed by atoms with van der Waals surface area (Å²) in [6, 6.07) is 13.6. The lowest BCUT2D eigenvalue weighted by atomic mass is 10.1. The number of fused-ring (bicyclic) bond motifs is 1. The molecule has 0 saturated carbocycles. The first-order chi connectivity index (χ1) is 12.7. The molecule has 0 aliphatic heterocycles. The van der Waals surface area contributed by atoms with E-state index in [9.17, 15) is 0 Å². The molecule has 4 aromatic rings. The number of hydrogen-bond donors (Lipinski definition) is 0. The van der Waals surface area contributed by atoms with Crippen LogP contribution in [0, 0.1) is 13.8 Å². The van der Waals surface area contributed by atoms with Gasteiger partial charge in [-0.1, -0.05) is 17.7 Å². The predicted octanol–water partition coefficient (Wildman–Crippen LogP) is 4.23. The minimum Gasteiger partial charge on any atom is -0.497 e. The lowest BCUT2D eigenvalue weighted by Crippen LogP contribution is -2.01. The average molecular weight is 346 g/mol. The Morgan fingerprint density at radius 3 is 2.42 bits per heavy atom. The van der Waals surface area contributed by atoms with Crippen LogP contribution in [0.5, 0.6) is 17.4 Å². The summed E-state index contributed by atoms with van der Waals surface area (Å²) in [7, 11) is 1.63. The number of benzene rings is 2. The highest BCUT2D eigenvalue weighted by molar-refractivity contribution is 5.81. The van der Waals surface area contributed by atoms with Gasteiger partial charge >= 0.3 is 0 Å². The van der Waals surface area contributed by atoms with Gasteiger partial charge in [0.25, 0.3) is 0 Å². The van der Waals surface area contributed by atoms with Gasteiger partial charge in [0, 0.05) is 0 Å². The molecule has 2 aromatic heterocycles. The van der Waals surface area contributed by atoms with Crippen molar-refractivity contribution in [3.63, 3.8) is 0 Å². The molecule has 0 bridgehead atoms. The third-order valence-corrected chi connectivity index (χ3v) is 4.18. The Hall–Kier alpha value is -3.41. The third-order valence-electron chi connectivity index (χ3n) is 4.18. The first-order valence-corrected chi connectivity index (χ1v) is 8.24. The number of methoxy groups -OCH3 is 1. The van der Waals surface area contributed by atoms with Gasteiger partial charge in [0.15, 0.2) is 5.65 Å². The molecule has 2 aromatic carbocycles. The van der Waals surface area contributed by atoms with Gasteiger partial charge < -0.3 is 9.47 Å². The van der Waals surface area contributed by atoms with Gasteiger partial charge in [0.1, 0.15) is 23.2 Å². The van der Waals surface area contributed by atoms with Crippen molar-refractivity contribution in [2.24, 2.45) is 0 Å². The molecule has 4 rings (SSSR count). The van der Waals surface area contributed by atoms with Gasteiger partial charge in [0.2, 0.25) is 5.88 Å². The second-order valence-electron chi connectivity index (χ2n) is 6.04. The van der Waals surface area contributed by atoms with E-state index in [1.807, 2.05) is 35.0 Å². The van der Waals surface area contributed by atoms with Crippen molar-refractivity contribution in [3.05, 3.63) is 66.1 Å². The maximum atomic E-state index is 5.93. The molecule has 0 unspecified atom stereocenters. The zero-order valence-corrected chi connectivity index (χ0v) is 14.8. The first kappa shape index (κ1) is 16.1. The van der Waals surface area contributed by atoms with Crippen LogP contribution in [-0.2, 0) is 0 Å². The standard InChI is InChI=1S/C20H18N4O2/c1-13-4-9-18(14(2)10-13)24-19-17(11-23-24)20(22-12-21-19)26-16-7-5-15(25-3)6-8-16/h4-12H,1-3H3. The molecule has 0 radical (unpaired) electrons. The van der Waals surface area contributed by atoms with Crippen LogP contribution in [0.3, 0.4) is 0 Å². The molecule has 0 atom stereocenters. The molecule has 2 heterocycles. The smallest absolute Gasteiger partial charge is 0.233 e. The third kappa shape index (κ3) is 2.86. The topological polar surface area (TPSA) is 62.1 Å². The molecule has 0 aliphatic rings. The Balaban J connectivity index is 1.75. The Kier molecular flexibility index (Phi) is 4.01. The summed E-state index contributed by atoms with van der Waals surface area (Å²) in [6.45, 7) is 4.13. The zero-order valence-electron chi connectivity index (χ0n) is 14.8. The summed E-state index contributed by atoms with van der Waals surface area (Å²) < 4.78 is 12.9. The van der Waals surface area contributed by atoms with Gasteiger partial charge in [-0.15, -0.1) is 0 Å². The lowest BCUT2D eigenvalue weighted by molar-refractivity contribution is 0.412. The van der Waals surface area contributed by atoms with Gasteiger partial charge in [-0.3, -0.25) is 0 Å². The van der Waals surface area contributed by atoms with E-state index >= 15 is 0 Å². The van der Waals surface area contributed by atoms with Crippen LogP contribution >= 0.6 is 0 Å². The van der Waals surface area contributed by atoms with E-state index in [1.54, 1.807) is 13.3 Å². The number of nitrogens with zero attached hydrogens (tertiary/aromatic N) is 4. The van der Waals surface area contributed by atoms with Crippen LogP contribution in [-0.4, -0.2) is 26.9 Å². The monoisotopic (exact) mass is 346 g/mol. The van der Waals surface area contributed by atoms with Crippen molar-refractivity contribution >= 4 is 11.0 Å². The van der Waals surface area contributed by atoms with Gasteiger partial charge in [-0.2, -0.15) is 5.10 Å². The Bertz CT molecular complexity index is 1070. The highest BCUT2D eigenvalue weighted by Crippen LogP contribution is 2.29. The number of hydrogen-bond acceptors (Lipinski definition) is 5. The van der Waals surface area contributed by atoms with Crippen LogP contribution in [0.4, 0.5) is 0 Å². The number of rotatable bonds is 4. The normalized spacial score (nSPS) is 10.9. The summed E-state index contributed by atoms with van der Waals surface area (Å²) in [5, 5.41) is 5.25. The van der Waals surface area contributed by atoms with Crippen molar-refractivity contribution < 1.29 is 9.47 Å². The SMILES string of the molecule is COc1ccc(Oc2ncnc3c2cnn3-c2ccc(C)cc2C)cc1. The summed E-state index contributed by atoms with van der Waals surface area (Å²) in [5.41, 5.74) is 4.03. The molecular weight excluding hydrogens is 328 g/mol. The molecule has 0 spiro atoms. The maximum Gasteiger partial charge on any atom is 0.233 e. The van der Waals surface area contributed by atoms with E-state index in [0.717, 1.165) is 22.4 Å². The summed E-state index contributed by atoms with van der Waals surface area (Å²) >= 11 is 0. The fraction of sp³-hybridized carbons (Fsp3) is 0.150. The van der Waals surface area contributed by atoms with Crippen LogP contribution in [0.2, 0.25) is 0 Å². The number of ether oxygens (including phenoxy) is 2. The highest BCUT2D eigenvalue weighted by atomic mass is 16.5. The number of aromatic nitrogens is 4. The minimum absolute atomic E-state index is 0.469. The summed E-state index contributed by atoms with van der Waals surface area (Å²) in [6.07, 6.45) is 3.22. The molecule has 0 saturated heterocycles. The van der Waals surface area contributed by atoms with E-state index in [2.05, 4.69) is 41.0 Å². The van der Waals surface area contributed by atoms with E-state index < -0.39 is 0 Å². The zero-order chi connectivity index (χ0) is 18.1. The van der Waals surface area contributed by atoms with Gasteiger partial charge in [0.05, 0.1) is 19.0 Å². The molecule has 130 valence electrons. The molecule has 0 aliphatic carbocycles. The lowest BCUT2D eigenvalue weighted by Gasteiger charge is -2.09. The summed E-state index contributed by atoms with van der Waals surface area (Å²) in [5.74, 6) is 1.91. The minimum atomic E-state index is 0.469. The van der Waals surface area contributed by atoms with E-state index in [-0.39, 0.29) is 0 Å². The highest BCUT2D eigenvalue weighted by Gasteiger charge is 2.14. The molecule has 0 fully saturated rings. The molecule has 0 N–H and O–H groups in total. The molecule has 6 heteroatoms. The van der Waals surface area contributed by atoms with Crippen molar-refractivity contribution in [3.8, 4) is 23.1 Å². The predicted molar refractivity (Wildman–Crippen MR) is 99.2 cm³/mol. The largest absolute Gasteiger partial charge is 0.497 e. The second-order valence-corrected chi connectivity index (χ2v) is 6.04. The maximum absolute atomic E-state index is 5.93. The quantitative estimate of drug-likeness (QED) is 0.553. The molecule has 0 amide bonds. The van der Waals surface area contributed by atoms with Crippen molar-refractivity contribution in [2.75, 3.05) is 7.11 Å². The fourth-order valence-corrected chi connectivity index (χ4v) is 2.88. The van der Waals surface area contributed by atoms with E-state index in [0.29, 0.717) is 17.3 Å². The van der Waals surface area contributed by atoms with Gasteiger partial charge in [-0.25, -0.2) is 14.6 Å². The van der Waals surface area contributed by atoms with Crippen molar-refractivity contribution in [1.82, 2.24) is 19.7 Å². The number of aryl methyl sites for hydroxylation is 2. The second kappa shape index (κ2) is 6.48. The molecular formula is C20H18N4O2. The van der Waals surface area contributed by atoms with E-state index in [1.165, 1.54) is 11.9 Å². The van der Waals surface area contributed by atoms with Crippen molar-refractivity contribution in [2.45, 2.75) is 13.8 Å². The van der Waals surface area contributed by atoms with Crippen LogP contribution in [0.1, 0.15) is 11.1 Å². The Morgan fingerprint density at radius 2 is 1.69 bits per heavy atom. The molecule has 26 heavy (non-hydrogen) atoms. The van der Waals surface area contributed by atoms with Crippen molar-refractivity contribution in [1.29, 1.82) is 0 Å². The van der Waals surface area contributed by atoms with Crippen LogP contribution < -0.4 is 9.47 Å².